The van der Waals surface area contributed by atoms with Crippen LogP contribution in [0.5, 0.6) is 0 Å². The van der Waals surface area contributed by atoms with Crippen LogP contribution in [0.4, 0.5) is 5.69 Å². The van der Waals surface area contributed by atoms with Crippen LogP contribution in [0.1, 0.15) is 12.0 Å². The van der Waals surface area contributed by atoms with Crippen LogP contribution in [0, 0.1) is 16.0 Å². The molecule has 2 rings (SSSR count). The first-order chi connectivity index (χ1) is 8.69. The standard InChI is InChI=1S/C13H16N2O3/c16-9-11-4-5-12(6-11)14-8-10-2-1-3-13(7-10)15(17)18/h1-5,7,11-12,14,16H,6,8-9H2/t11-,12+/m0/s1. The molecule has 1 aliphatic rings. The van der Waals surface area contributed by atoms with Gasteiger partial charge in [-0.2, -0.15) is 0 Å². The molecule has 0 aromatic heterocycles. The normalized spacial score (nSPS) is 22.3. The van der Waals surface area contributed by atoms with Gasteiger partial charge in [0.2, 0.25) is 0 Å². The summed E-state index contributed by atoms with van der Waals surface area (Å²) >= 11 is 0. The number of hydrogen-bond acceptors (Lipinski definition) is 4. The van der Waals surface area contributed by atoms with Crippen molar-refractivity contribution in [3.05, 3.63) is 52.1 Å². The smallest absolute Gasteiger partial charge is 0.269 e. The quantitative estimate of drug-likeness (QED) is 0.471. The predicted molar refractivity (Wildman–Crippen MR) is 68.1 cm³/mol. The lowest BCUT2D eigenvalue weighted by Gasteiger charge is -2.12. The zero-order valence-corrected chi connectivity index (χ0v) is 9.95. The van der Waals surface area contributed by atoms with Crippen LogP contribution in [0.2, 0.25) is 0 Å². The lowest BCUT2D eigenvalue weighted by molar-refractivity contribution is -0.384. The van der Waals surface area contributed by atoms with E-state index in [9.17, 15) is 10.1 Å². The lowest BCUT2D eigenvalue weighted by Crippen LogP contribution is -2.26. The molecule has 0 fully saturated rings. The van der Waals surface area contributed by atoms with Gasteiger partial charge < -0.3 is 10.4 Å². The maximum atomic E-state index is 10.6. The third kappa shape index (κ3) is 3.15. The third-order valence-corrected chi connectivity index (χ3v) is 3.10. The molecule has 5 nitrogen and oxygen atoms in total. The van der Waals surface area contributed by atoms with Crippen molar-refractivity contribution in [2.45, 2.75) is 19.0 Å². The van der Waals surface area contributed by atoms with Gasteiger partial charge in [0.15, 0.2) is 0 Å². The lowest BCUT2D eigenvalue weighted by atomic mass is 10.1. The number of hydrogen-bond donors (Lipinski definition) is 2. The number of nitrogens with zero attached hydrogens (tertiary/aromatic N) is 1. The first kappa shape index (κ1) is 12.7. The fourth-order valence-corrected chi connectivity index (χ4v) is 2.09. The van der Waals surface area contributed by atoms with Gasteiger partial charge in [0.25, 0.3) is 5.69 Å². The van der Waals surface area contributed by atoms with Gasteiger partial charge in [-0.1, -0.05) is 24.3 Å². The number of aliphatic hydroxyl groups excluding tert-OH is 1. The maximum Gasteiger partial charge on any atom is 0.269 e. The van der Waals surface area contributed by atoms with Crippen LogP contribution in [-0.4, -0.2) is 22.7 Å². The molecule has 2 N–H and O–H groups in total. The highest BCUT2D eigenvalue weighted by molar-refractivity contribution is 5.34. The van der Waals surface area contributed by atoms with Gasteiger partial charge in [-0.3, -0.25) is 10.1 Å². The highest BCUT2D eigenvalue weighted by Gasteiger charge is 2.17. The van der Waals surface area contributed by atoms with Crippen LogP contribution in [-0.2, 0) is 6.54 Å². The van der Waals surface area contributed by atoms with Crippen molar-refractivity contribution in [3.63, 3.8) is 0 Å². The first-order valence-electron chi connectivity index (χ1n) is 5.95. The number of nitro benzene ring substituents is 1. The molecule has 0 radical (unpaired) electrons. The predicted octanol–water partition coefficient (Wildman–Crippen LogP) is 1.62. The van der Waals surface area contributed by atoms with Crippen LogP contribution in [0.15, 0.2) is 36.4 Å². The van der Waals surface area contributed by atoms with Gasteiger partial charge in [-0.25, -0.2) is 0 Å². The molecule has 0 saturated carbocycles. The molecular weight excluding hydrogens is 232 g/mol. The van der Waals surface area contributed by atoms with Crippen molar-refractivity contribution in [1.82, 2.24) is 5.32 Å². The second-order valence-electron chi connectivity index (χ2n) is 4.48. The Hall–Kier alpha value is -1.72. The number of aliphatic hydroxyl groups is 1. The summed E-state index contributed by atoms with van der Waals surface area (Å²) in [4.78, 5) is 10.3. The minimum Gasteiger partial charge on any atom is -0.396 e. The summed E-state index contributed by atoms with van der Waals surface area (Å²) in [7, 11) is 0. The molecule has 1 aromatic rings. The van der Waals surface area contributed by atoms with Crippen LogP contribution in [0.3, 0.4) is 0 Å². The largest absolute Gasteiger partial charge is 0.396 e. The van der Waals surface area contributed by atoms with E-state index in [2.05, 4.69) is 5.32 Å². The van der Waals surface area contributed by atoms with Gasteiger partial charge in [0.05, 0.1) is 4.92 Å². The third-order valence-electron chi connectivity index (χ3n) is 3.10. The van der Waals surface area contributed by atoms with Crippen molar-refractivity contribution in [3.8, 4) is 0 Å². The molecule has 0 heterocycles. The first-order valence-corrected chi connectivity index (χ1v) is 5.95. The Balaban J connectivity index is 1.89. The van der Waals surface area contributed by atoms with Gasteiger partial charge in [0, 0.05) is 37.2 Å². The highest BCUT2D eigenvalue weighted by Crippen LogP contribution is 2.18. The van der Waals surface area contributed by atoms with Crippen molar-refractivity contribution >= 4 is 5.69 Å². The zero-order valence-electron chi connectivity index (χ0n) is 9.95. The van der Waals surface area contributed by atoms with Gasteiger partial charge in [0.1, 0.15) is 0 Å². The van der Waals surface area contributed by atoms with Gasteiger partial charge >= 0.3 is 0 Å². The molecule has 1 aliphatic carbocycles. The molecule has 0 unspecified atom stereocenters. The van der Waals surface area contributed by atoms with Gasteiger partial charge in [-0.05, 0) is 12.0 Å². The Labute approximate surface area is 105 Å². The van der Waals surface area contributed by atoms with E-state index < -0.39 is 0 Å². The highest BCUT2D eigenvalue weighted by atomic mass is 16.6. The number of rotatable bonds is 5. The molecule has 1 aromatic carbocycles. The van der Waals surface area contributed by atoms with Crippen LogP contribution in [0.25, 0.3) is 0 Å². The molecular formula is C13H16N2O3. The molecule has 0 aliphatic heterocycles. The summed E-state index contributed by atoms with van der Waals surface area (Å²) in [6, 6.07) is 6.86. The van der Waals surface area contributed by atoms with E-state index in [0.717, 1.165) is 12.0 Å². The van der Waals surface area contributed by atoms with E-state index in [-0.39, 0.29) is 29.2 Å². The minimum absolute atomic E-state index is 0.115. The second-order valence-corrected chi connectivity index (χ2v) is 4.48. The van der Waals surface area contributed by atoms with Crippen molar-refractivity contribution in [1.29, 1.82) is 0 Å². The Morgan fingerprint density at radius 2 is 2.28 bits per heavy atom. The number of non-ortho nitro benzene ring substituents is 1. The Morgan fingerprint density at radius 1 is 1.44 bits per heavy atom. The van der Waals surface area contributed by atoms with Crippen LogP contribution < -0.4 is 5.32 Å². The Kier molecular flexibility index (Phi) is 4.07. The summed E-state index contributed by atoms with van der Waals surface area (Å²) in [6.45, 7) is 0.764. The maximum absolute atomic E-state index is 10.6. The van der Waals surface area contributed by atoms with Crippen molar-refractivity contribution in [2.24, 2.45) is 5.92 Å². The molecule has 18 heavy (non-hydrogen) atoms. The fraction of sp³-hybridized carbons (Fsp3) is 0.385. The summed E-state index contributed by atoms with van der Waals surface area (Å²) in [5.41, 5.74) is 1.01. The zero-order chi connectivity index (χ0) is 13.0. The molecule has 0 bridgehead atoms. The van der Waals surface area contributed by atoms with Gasteiger partial charge in [-0.15, -0.1) is 0 Å². The molecule has 0 amide bonds. The van der Waals surface area contributed by atoms with E-state index in [1.54, 1.807) is 12.1 Å². The molecule has 0 spiro atoms. The number of nitrogens with one attached hydrogen (secondary N) is 1. The second kappa shape index (κ2) is 5.75. The summed E-state index contributed by atoms with van der Waals surface area (Å²) in [6.07, 6.45) is 4.93. The fourth-order valence-electron chi connectivity index (χ4n) is 2.09. The number of benzene rings is 1. The Bertz CT molecular complexity index is 459. The van der Waals surface area contributed by atoms with Crippen LogP contribution >= 0.6 is 0 Å². The average Bonchev–Trinajstić information content (AvgIpc) is 2.84. The molecule has 5 heteroatoms. The van der Waals surface area contributed by atoms with E-state index in [0.29, 0.717) is 6.54 Å². The summed E-state index contributed by atoms with van der Waals surface area (Å²) in [5.74, 6) is 0.229. The SMILES string of the molecule is O=[N+]([O-])c1cccc(CN[C@@H]2C=C[C@H](CO)C2)c1. The summed E-state index contributed by atoms with van der Waals surface area (Å²) in [5, 5.41) is 23.0. The average molecular weight is 248 g/mol. The van der Waals surface area contributed by atoms with E-state index in [4.69, 9.17) is 5.11 Å². The topological polar surface area (TPSA) is 75.4 Å². The monoisotopic (exact) mass is 248 g/mol. The minimum atomic E-state index is -0.388. The van der Waals surface area contributed by atoms with E-state index >= 15 is 0 Å². The molecule has 96 valence electrons. The van der Waals surface area contributed by atoms with E-state index in [1.807, 2.05) is 18.2 Å². The Morgan fingerprint density at radius 3 is 2.94 bits per heavy atom. The molecule has 0 saturated heterocycles. The van der Waals surface area contributed by atoms with Crippen molar-refractivity contribution in [2.75, 3.05) is 6.61 Å². The van der Waals surface area contributed by atoms with Crippen molar-refractivity contribution < 1.29 is 10.0 Å². The summed E-state index contributed by atoms with van der Waals surface area (Å²) < 4.78 is 0. The number of nitro groups is 1. The van der Waals surface area contributed by atoms with E-state index in [1.165, 1.54) is 6.07 Å². The molecule has 2 atom stereocenters.